The van der Waals surface area contributed by atoms with Gasteiger partial charge in [-0.25, -0.2) is 0 Å². The van der Waals surface area contributed by atoms with Crippen molar-refractivity contribution in [3.8, 4) is 0 Å². The lowest BCUT2D eigenvalue weighted by atomic mass is 9.75. The Morgan fingerprint density at radius 2 is 1.50 bits per heavy atom. The van der Waals surface area contributed by atoms with Crippen LogP contribution in [0.5, 0.6) is 0 Å². The van der Waals surface area contributed by atoms with Gasteiger partial charge in [-0.15, -0.1) is 0 Å². The van der Waals surface area contributed by atoms with Crippen molar-refractivity contribution in [1.29, 1.82) is 0 Å². The molecule has 0 aromatic heterocycles. The molecule has 0 aromatic carbocycles. The van der Waals surface area contributed by atoms with Gasteiger partial charge in [0.1, 0.15) is 0 Å². The van der Waals surface area contributed by atoms with Gasteiger partial charge in [0.05, 0.1) is 0 Å². The average molecular weight is 192 g/mol. The van der Waals surface area contributed by atoms with Gasteiger partial charge < -0.3 is 0 Å². The highest BCUT2D eigenvalue weighted by Crippen LogP contribution is 2.37. The summed E-state index contributed by atoms with van der Waals surface area (Å²) in [5.74, 6) is 0. The Balaban J connectivity index is 2.95. The monoisotopic (exact) mass is 192 g/mol. The molecule has 0 heteroatoms. The Morgan fingerprint density at radius 3 is 1.93 bits per heavy atom. The van der Waals surface area contributed by atoms with Crippen LogP contribution < -0.4 is 0 Å². The molecule has 0 unspecified atom stereocenters. The molecule has 0 aromatic rings. The van der Waals surface area contributed by atoms with E-state index in [1.54, 1.807) is 5.57 Å². The van der Waals surface area contributed by atoms with Gasteiger partial charge >= 0.3 is 0 Å². The second kappa shape index (κ2) is 3.56. The molecule has 0 radical (unpaired) electrons. The van der Waals surface area contributed by atoms with E-state index in [2.05, 4.69) is 53.7 Å². The Kier molecular flexibility index (Phi) is 2.94. The maximum Gasteiger partial charge on any atom is -0.0135 e. The highest BCUT2D eigenvalue weighted by Gasteiger charge is 2.23. The highest BCUT2D eigenvalue weighted by atomic mass is 14.3. The second-order valence-electron chi connectivity index (χ2n) is 6.37. The molecule has 0 fully saturated rings. The van der Waals surface area contributed by atoms with E-state index in [0.29, 0.717) is 10.8 Å². The van der Waals surface area contributed by atoms with Crippen LogP contribution in [0.4, 0.5) is 0 Å². The van der Waals surface area contributed by atoms with Crippen molar-refractivity contribution in [2.75, 3.05) is 0 Å². The van der Waals surface area contributed by atoms with Gasteiger partial charge in [-0.1, -0.05) is 59.3 Å². The highest BCUT2D eigenvalue weighted by molar-refractivity contribution is 5.34. The minimum absolute atomic E-state index is 0.302. The lowest BCUT2D eigenvalue weighted by Gasteiger charge is -2.30. The molecule has 0 saturated carbocycles. The first-order valence-electron chi connectivity index (χ1n) is 5.63. The molecule has 80 valence electrons. The summed E-state index contributed by atoms with van der Waals surface area (Å²) in [6.07, 6.45) is 7.28. The summed E-state index contributed by atoms with van der Waals surface area (Å²) in [5, 5.41) is 0. The van der Waals surface area contributed by atoms with Gasteiger partial charge in [-0.2, -0.15) is 0 Å². The Labute approximate surface area is 89.1 Å². The first-order valence-corrected chi connectivity index (χ1v) is 5.63. The lowest BCUT2D eigenvalue weighted by Crippen LogP contribution is -2.16. The largest absolute Gasteiger partial charge is 0.0805 e. The number of hydrogen-bond donors (Lipinski definition) is 0. The molecule has 0 heterocycles. The van der Waals surface area contributed by atoms with Crippen LogP contribution in [0, 0.1) is 10.8 Å². The van der Waals surface area contributed by atoms with E-state index < -0.39 is 0 Å². The Morgan fingerprint density at radius 1 is 0.929 bits per heavy atom. The van der Waals surface area contributed by atoms with Crippen molar-refractivity contribution in [3.63, 3.8) is 0 Å². The van der Waals surface area contributed by atoms with Crippen LogP contribution in [0.1, 0.15) is 54.4 Å². The van der Waals surface area contributed by atoms with Crippen LogP contribution in [0.15, 0.2) is 23.3 Å². The number of rotatable bonds is 0. The van der Waals surface area contributed by atoms with Crippen molar-refractivity contribution in [1.82, 2.24) is 0 Å². The molecule has 1 aliphatic rings. The first kappa shape index (κ1) is 11.6. The SMILES string of the molecule is CC(C)(C)C1=CCCC(C(C)(C)C)=C1. The van der Waals surface area contributed by atoms with E-state index in [1.807, 2.05) is 0 Å². The van der Waals surface area contributed by atoms with Crippen molar-refractivity contribution in [2.45, 2.75) is 54.4 Å². The Hall–Kier alpha value is -0.520. The lowest BCUT2D eigenvalue weighted by molar-refractivity contribution is 0.464. The van der Waals surface area contributed by atoms with Crippen LogP contribution in [0.3, 0.4) is 0 Å². The minimum atomic E-state index is 0.302. The fourth-order valence-electron chi connectivity index (χ4n) is 1.82. The van der Waals surface area contributed by atoms with E-state index in [-0.39, 0.29) is 0 Å². The second-order valence-corrected chi connectivity index (χ2v) is 6.37. The van der Waals surface area contributed by atoms with Crippen LogP contribution >= 0.6 is 0 Å². The summed E-state index contributed by atoms with van der Waals surface area (Å²) >= 11 is 0. The fraction of sp³-hybridized carbons (Fsp3) is 0.714. The van der Waals surface area contributed by atoms with Gasteiger partial charge in [0.25, 0.3) is 0 Å². The Bertz CT molecular complexity index is 263. The zero-order chi connectivity index (χ0) is 11.0. The summed E-state index contributed by atoms with van der Waals surface area (Å²) in [7, 11) is 0. The molecule has 0 bridgehead atoms. The molecular weight excluding hydrogens is 168 g/mol. The van der Waals surface area contributed by atoms with Crippen molar-refractivity contribution in [2.24, 2.45) is 10.8 Å². The molecular formula is C14H24. The molecule has 14 heavy (non-hydrogen) atoms. The smallest absolute Gasteiger partial charge is 0.0135 e. The standard InChI is InChI=1S/C14H24/c1-13(2,3)11-8-7-9-12(10-11)14(4,5)6/h8,10H,7,9H2,1-6H3. The van der Waals surface area contributed by atoms with E-state index >= 15 is 0 Å². The third-order valence-electron chi connectivity index (χ3n) is 2.94. The van der Waals surface area contributed by atoms with Crippen LogP contribution in [0.25, 0.3) is 0 Å². The molecule has 0 spiro atoms. The third kappa shape index (κ3) is 2.73. The predicted octanol–water partition coefficient (Wildman–Crippen LogP) is 4.73. The summed E-state index contributed by atoms with van der Waals surface area (Å²) in [6.45, 7) is 13.8. The molecule has 1 rings (SSSR count). The predicted molar refractivity (Wildman–Crippen MR) is 64.3 cm³/mol. The van der Waals surface area contributed by atoms with E-state index in [0.717, 1.165) is 0 Å². The first-order chi connectivity index (χ1) is 6.21. The fourth-order valence-corrected chi connectivity index (χ4v) is 1.82. The van der Waals surface area contributed by atoms with Gasteiger partial charge in [-0.3, -0.25) is 0 Å². The molecule has 0 aliphatic heterocycles. The maximum absolute atomic E-state index is 2.42. The quantitative estimate of drug-likeness (QED) is 0.520. The van der Waals surface area contributed by atoms with Crippen LogP contribution in [-0.2, 0) is 0 Å². The molecule has 0 N–H and O–H groups in total. The van der Waals surface area contributed by atoms with Crippen molar-refractivity contribution >= 4 is 0 Å². The zero-order valence-corrected chi connectivity index (χ0v) is 10.6. The molecule has 0 saturated heterocycles. The van der Waals surface area contributed by atoms with E-state index in [9.17, 15) is 0 Å². The average Bonchev–Trinajstić information content (AvgIpc) is 2.01. The van der Waals surface area contributed by atoms with Crippen molar-refractivity contribution in [3.05, 3.63) is 23.3 Å². The summed E-state index contributed by atoms with van der Waals surface area (Å²) in [5.41, 5.74) is 3.75. The van der Waals surface area contributed by atoms with Crippen LogP contribution in [-0.4, -0.2) is 0 Å². The van der Waals surface area contributed by atoms with E-state index in [4.69, 9.17) is 0 Å². The zero-order valence-electron chi connectivity index (χ0n) is 10.6. The van der Waals surface area contributed by atoms with Gasteiger partial charge in [0.2, 0.25) is 0 Å². The molecule has 0 amide bonds. The summed E-state index contributed by atoms with van der Waals surface area (Å²) < 4.78 is 0. The maximum atomic E-state index is 2.42. The topological polar surface area (TPSA) is 0 Å². The van der Waals surface area contributed by atoms with Gasteiger partial charge in [0, 0.05) is 0 Å². The molecule has 0 atom stereocenters. The number of hydrogen-bond acceptors (Lipinski definition) is 0. The summed E-state index contributed by atoms with van der Waals surface area (Å²) in [6, 6.07) is 0. The third-order valence-corrected chi connectivity index (χ3v) is 2.94. The van der Waals surface area contributed by atoms with Crippen LogP contribution in [0.2, 0.25) is 0 Å². The molecule has 0 nitrogen and oxygen atoms in total. The number of allylic oxidation sites excluding steroid dienone is 4. The van der Waals surface area contributed by atoms with Gasteiger partial charge in [0.15, 0.2) is 0 Å². The molecule has 1 aliphatic carbocycles. The normalized spacial score (nSPS) is 19.0. The van der Waals surface area contributed by atoms with E-state index in [1.165, 1.54) is 18.4 Å². The van der Waals surface area contributed by atoms with Crippen molar-refractivity contribution < 1.29 is 0 Å². The van der Waals surface area contributed by atoms with Gasteiger partial charge in [-0.05, 0) is 29.2 Å². The summed E-state index contributed by atoms with van der Waals surface area (Å²) in [4.78, 5) is 0. The minimum Gasteiger partial charge on any atom is -0.0805 e.